The number of nitrogens with two attached hydrogens (primary N) is 1. The van der Waals surface area contributed by atoms with Gasteiger partial charge in [-0.1, -0.05) is 6.07 Å². The maximum absolute atomic E-state index is 13.2. The first kappa shape index (κ1) is 13.0. The number of nitrogens with zero attached hydrogens (tertiary/aromatic N) is 4. The average Bonchev–Trinajstić information content (AvgIpc) is 2.33. The van der Waals surface area contributed by atoms with Gasteiger partial charge in [0, 0.05) is 20.2 Å². The largest absolute Gasteiger partial charge is 0.424 e. The molecule has 0 saturated carbocycles. The summed E-state index contributed by atoms with van der Waals surface area (Å²) in [5, 5.41) is 0. The molecule has 1 aromatic carbocycles. The zero-order chi connectivity index (χ0) is 14.0. The Labute approximate surface area is 110 Å². The van der Waals surface area contributed by atoms with Crippen LogP contribution in [0.5, 0.6) is 11.8 Å². The van der Waals surface area contributed by atoms with Crippen LogP contribution in [-0.4, -0.2) is 29.0 Å². The fraction of sp³-hybridized carbons (Fsp3) is 0.250. The highest BCUT2D eigenvalue weighted by molar-refractivity contribution is 5.38. The first-order valence-corrected chi connectivity index (χ1v) is 5.58. The molecule has 2 N–H and O–H groups in total. The molecule has 0 spiro atoms. The molecule has 1 heterocycles. The van der Waals surface area contributed by atoms with E-state index in [1.54, 1.807) is 32.0 Å². The number of anilines is 2. The average molecular weight is 263 g/mol. The highest BCUT2D eigenvalue weighted by atomic mass is 19.1. The van der Waals surface area contributed by atoms with Crippen molar-refractivity contribution in [1.29, 1.82) is 0 Å². The molecule has 0 radical (unpaired) electrons. The minimum atomic E-state index is -0.393. The summed E-state index contributed by atoms with van der Waals surface area (Å²) >= 11 is 0. The van der Waals surface area contributed by atoms with E-state index >= 15 is 0 Å². The molecule has 0 amide bonds. The van der Waals surface area contributed by atoms with Gasteiger partial charge in [-0.25, -0.2) is 4.39 Å². The van der Waals surface area contributed by atoms with Gasteiger partial charge in [0.05, 0.1) is 0 Å². The second-order valence-electron chi connectivity index (χ2n) is 4.18. The van der Waals surface area contributed by atoms with Crippen LogP contribution in [0.1, 0.15) is 5.56 Å². The Bertz CT molecular complexity index is 603. The molecule has 1 aromatic heterocycles. The smallest absolute Gasteiger partial charge is 0.328 e. The Balaban J connectivity index is 2.35. The normalized spacial score (nSPS) is 10.3. The molecule has 7 heteroatoms. The monoisotopic (exact) mass is 263 g/mol. The van der Waals surface area contributed by atoms with Crippen LogP contribution in [0.3, 0.4) is 0 Å². The van der Waals surface area contributed by atoms with Crippen molar-refractivity contribution in [3.63, 3.8) is 0 Å². The second-order valence-corrected chi connectivity index (χ2v) is 4.18. The molecule has 0 aliphatic carbocycles. The summed E-state index contributed by atoms with van der Waals surface area (Å²) in [7, 11) is 3.54. The highest BCUT2D eigenvalue weighted by Crippen LogP contribution is 2.24. The maximum atomic E-state index is 13.2. The van der Waals surface area contributed by atoms with Gasteiger partial charge < -0.3 is 15.4 Å². The number of nitrogen functional groups attached to an aromatic ring is 1. The van der Waals surface area contributed by atoms with Crippen LogP contribution in [0.15, 0.2) is 18.2 Å². The number of hydrogen-bond acceptors (Lipinski definition) is 6. The molecular weight excluding hydrogens is 249 g/mol. The first-order valence-electron chi connectivity index (χ1n) is 5.58. The summed E-state index contributed by atoms with van der Waals surface area (Å²) in [5.74, 6) is 0.366. The summed E-state index contributed by atoms with van der Waals surface area (Å²) < 4.78 is 18.6. The fourth-order valence-electron chi connectivity index (χ4n) is 1.39. The molecule has 0 fully saturated rings. The van der Waals surface area contributed by atoms with Gasteiger partial charge in [-0.2, -0.15) is 15.0 Å². The van der Waals surface area contributed by atoms with Crippen LogP contribution in [0.4, 0.5) is 16.3 Å². The molecule has 0 aliphatic rings. The third kappa shape index (κ3) is 3.06. The molecule has 0 atom stereocenters. The lowest BCUT2D eigenvalue weighted by molar-refractivity contribution is 0.434. The summed E-state index contributed by atoms with van der Waals surface area (Å²) in [6.07, 6.45) is 0. The second kappa shape index (κ2) is 5.05. The topological polar surface area (TPSA) is 77.2 Å². The molecular formula is C12H14FN5O. The lowest BCUT2D eigenvalue weighted by Gasteiger charge is -2.12. The van der Waals surface area contributed by atoms with E-state index in [1.807, 2.05) is 0 Å². The van der Waals surface area contributed by atoms with Gasteiger partial charge >= 0.3 is 6.01 Å². The molecule has 0 unspecified atom stereocenters. The van der Waals surface area contributed by atoms with Crippen molar-refractivity contribution >= 4 is 11.9 Å². The van der Waals surface area contributed by atoms with Gasteiger partial charge in [0.15, 0.2) is 0 Å². The SMILES string of the molecule is Cc1ccc(F)cc1Oc1nc(N)nc(N(C)C)n1. The van der Waals surface area contributed by atoms with E-state index in [4.69, 9.17) is 10.5 Å². The van der Waals surface area contributed by atoms with E-state index in [0.717, 1.165) is 5.56 Å². The predicted octanol–water partition coefficient (Wildman–Crippen LogP) is 1.76. The van der Waals surface area contributed by atoms with Crippen LogP contribution < -0.4 is 15.4 Å². The standard InChI is InChI=1S/C12H14FN5O/c1-7-4-5-8(13)6-9(7)19-12-16-10(14)15-11(17-12)18(2)3/h4-6H,1-3H3,(H2,14,15,16,17). The minimum Gasteiger partial charge on any atom is -0.424 e. The van der Waals surface area contributed by atoms with Gasteiger partial charge in [0.1, 0.15) is 11.6 Å². The van der Waals surface area contributed by atoms with E-state index < -0.39 is 5.82 Å². The van der Waals surface area contributed by atoms with Crippen molar-refractivity contribution in [3.8, 4) is 11.8 Å². The zero-order valence-corrected chi connectivity index (χ0v) is 10.9. The van der Waals surface area contributed by atoms with Crippen LogP contribution in [0.2, 0.25) is 0 Å². The molecule has 2 rings (SSSR count). The number of aryl methyl sites for hydroxylation is 1. The summed E-state index contributed by atoms with van der Waals surface area (Å²) in [6.45, 7) is 1.80. The number of hydrogen-bond donors (Lipinski definition) is 1. The van der Waals surface area contributed by atoms with Crippen molar-refractivity contribution in [2.24, 2.45) is 0 Å². The lowest BCUT2D eigenvalue weighted by atomic mass is 10.2. The Morgan fingerprint density at radius 3 is 2.63 bits per heavy atom. The Hall–Kier alpha value is -2.44. The van der Waals surface area contributed by atoms with Crippen LogP contribution >= 0.6 is 0 Å². The van der Waals surface area contributed by atoms with Gasteiger partial charge in [-0.05, 0) is 18.6 Å². The van der Waals surface area contributed by atoms with Crippen LogP contribution in [0, 0.1) is 12.7 Å². The number of ether oxygens (including phenoxy) is 1. The van der Waals surface area contributed by atoms with E-state index in [1.165, 1.54) is 12.1 Å². The number of halogens is 1. The van der Waals surface area contributed by atoms with Gasteiger partial charge in [-0.15, -0.1) is 0 Å². The maximum Gasteiger partial charge on any atom is 0.328 e. The van der Waals surface area contributed by atoms with Gasteiger partial charge in [0.25, 0.3) is 0 Å². The third-order valence-electron chi connectivity index (χ3n) is 2.37. The molecule has 100 valence electrons. The number of benzene rings is 1. The molecule has 0 saturated heterocycles. The Morgan fingerprint density at radius 1 is 1.21 bits per heavy atom. The van der Waals surface area contributed by atoms with Crippen molar-refractivity contribution in [3.05, 3.63) is 29.6 Å². The van der Waals surface area contributed by atoms with E-state index in [2.05, 4.69) is 15.0 Å². The van der Waals surface area contributed by atoms with Crippen LogP contribution in [-0.2, 0) is 0 Å². The molecule has 0 aliphatic heterocycles. The Kier molecular flexibility index (Phi) is 3.46. The van der Waals surface area contributed by atoms with Crippen molar-refractivity contribution in [2.45, 2.75) is 6.92 Å². The van der Waals surface area contributed by atoms with E-state index in [-0.39, 0.29) is 12.0 Å². The van der Waals surface area contributed by atoms with Gasteiger partial charge in [-0.3, -0.25) is 0 Å². The Morgan fingerprint density at radius 2 is 1.95 bits per heavy atom. The van der Waals surface area contributed by atoms with Crippen molar-refractivity contribution in [2.75, 3.05) is 24.7 Å². The molecule has 0 bridgehead atoms. The summed E-state index contributed by atoms with van der Waals surface area (Å²) in [4.78, 5) is 13.6. The summed E-state index contributed by atoms with van der Waals surface area (Å²) in [5.41, 5.74) is 6.35. The van der Waals surface area contributed by atoms with Crippen molar-refractivity contribution in [1.82, 2.24) is 15.0 Å². The number of aromatic nitrogens is 3. The van der Waals surface area contributed by atoms with Crippen molar-refractivity contribution < 1.29 is 9.13 Å². The van der Waals surface area contributed by atoms with E-state index in [9.17, 15) is 4.39 Å². The zero-order valence-electron chi connectivity index (χ0n) is 10.9. The predicted molar refractivity (Wildman–Crippen MR) is 69.8 cm³/mol. The van der Waals surface area contributed by atoms with E-state index in [0.29, 0.717) is 11.7 Å². The molecule has 6 nitrogen and oxygen atoms in total. The fourth-order valence-corrected chi connectivity index (χ4v) is 1.39. The number of rotatable bonds is 3. The van der Waals surface area contributed by atoms with Crippen LogP contribution in [0.25, 0.3) is 0 Å². The third-order valence-corrected chi connectivity index (χ3v) is 2.37. The summed E-state index contributed by atoms with van der Waals surface area (Å²) in [6, 6.07) is 4.27. The highest BCUT2D eigenvalue weighted by Gasteiger charge is 2.10. The van der Waals surface area contributed by atoms with Gasteiger partial charge in [0.2, 0.25) is 11.9 Å². The molecule has 2 aromatic rings. The molecule has 19 heavy (non-hydrogen) atoms. The lowest BCUT2D eigenvalue weighted by Crippen LogP contribution is -2.15. The quantitative estimate of drug-likeness (QED) is 0.909. The minimum absolute atomic E-state index is 0.0323. The first-order chi connectivity index (χ1) is 8.95.